The van der Waals surface area contributed by atoms with Gasteiger partial charge >= 0.3 is 5.69 Å². The number of rotatable bonds is 1. The number of aromatic nitrogens is 4. The van der Waals surface area contributed by atoms with Gasteiger partial charge in [0.2, 0.25) is 5.95 Å². The maximum atomic E-state index is 12.1. The first-order valence-electron chi connectivity index (χ1n) is 6.93. The van der Waals surface area contributed by atoms with Gasteiger partial charge in [0, 0.05) is 27.2 Å². The molecule has 0 aliphatic carbocycles. The minimum Gasteiger partial charge on any atom is -0.388 e. The Balaban J connectivity index is 2.14. The summed E-state index contributed by atoms with van der Waals surface area (Å²) in [6, 6.07) is 0. The van der Waals surface area contributed by atoms with Gasteiger partial charge in [-0.3, -0.25) is 13.9 Å². The summed E-state index contributed by atoms with van der Waals surface area (Å²) >= 11 is 0. The zero-order valence-electron chi connectivity index (χ0n) is 12.4. The van der Waals surface area contributed by atoms with E-state index in [1.807, 2.05) is 4.90 Å². The summed E-state index contributed by atoms with van der Waals surface area (Å²) in [5, 5.41) is 10.2. The van der Waals surface area contributed by atoms with Crippen LogP contribution in [0.4, 0.5) is 5.95 Å². The summed E-state index contributed by atoms with van der Waals surface area (Å²) < 4.78 is 2.40. The van der Waals surface area contributed by atoms with E-state index in [1.54, 1.807) is 14.0 Å². The van der Waals surface area contributed by atoms with Crippen LogP contribution in [0.25, 0.3) is 11.2 Å². The van der Waals surface area contributed by atoms with Gasteiger partial charge in [0.1, 0.15) is 0 Å². The van der Waals surface area contributed by atoms with E-state index in [4.69, 9.17) is 0 Å². The average Bonchev–Trinajstić information content (AvgIpc) is 2.87. The number of aromatic amines is 1. The van der Waals surface area contributed by atoms with Crippen LogP contribution in [0.2, 0.25) is 0 Å². The number of nitrogens with one attached hydrogen (secondary N) is 1. The molecule has 1 atom stereocenters. The van der Waals surface area contributed by atoms with Crippen molar-refractivity contribution in [2.24, 2.45) is 14.1 Å². The largest absolute Gasteiger partial charge is 0.388 e. The maximum absolute atomic E-state index is 12.1. The molecule has 0 radical (unpaired) electrons. The zero-order chi connectivity index (χ0) is 15.4. The third-order valence-corrected chi connectivity index (χ3v) is 4.06. The van der Waals surface area contributed by atoms with Crippen molar-refractivity contribution in [1.29, 1.82) is 0 Å². The van der Waals surface area contributed by atoms with Crippen LogP contribution in [0.5, 0.6) is 0 Å². The molecule has 0 spiro atoms. The zero-order valence-corrected chi connectivity index (χ0v) is 12.4. The first kappa shape index (κ1) is 13.9. The van der Waals surface area contributed by atoms with E-state index in [0.29, 0.717) is 23.7 Å². The molecule has 0 amide bonds. The van der Waals surface area contributed by atoms with Crippen molar-refractivity contribution in [3.63, 3.8) is 0 Å². The lowest BCUT2D eigenvalue weighted by Crippen LogP contribution is -2.46. The van der Waals surface area contributed by atoms with E-state index in [9.17, 15) is 14.7 Å². The van der Waals surface area contributed by atoms with Gasteiger partial charge in [0.15, 0.2) is 11.2 Å². The summed E-state index contributed by atoms with van der Waals surface area (Å²) in [5.41, 5.74) is -0.927. The fourth-order valence-corrected chi connectivity index (χ4v) is 2.86. The van der Waals surface area contributed by atoms with Crippen molar-refractivity contribution < 1.29 is 5.11 Å². The smallest absolute Gasteiger partial charge is 0.332 e. The highest BCUT2D eigenvalue weighted by Gasteiger charge is 2.30. The van der Waals surface area contributed by atoms with E-state index in [1.165, 1.54) is 11.6 Å². The summed E-state index contributed by atoms with van der Waals surface area (Å²) in [6.45, 7) is 2.99. The topological polar surface area (TPSA) is 96.2 Å². The number of imidazole rings is 1. The molecule has 0 aromatic carbocycles. The Morgan fingerprint density at radius 3 is 2.67 bits per heavy atom. The van der Waals surface area contributed by atoms with E-state index in [0.717, 1.165) is 24.0 Å². The number of hydrogen-bond donors (Lipinski definition) is 2. The Hall–Kier alpha value is -2.09. The Bertz CT molecular complexity index is 814. The van der Waals surface area contributed by atoms with E-state index in [-0.39, 0.29) is 0 Å². The van der Waals surface area contributed by atoms with Crippen LogP contribution in [-0.4, -0.2) is 42.9 Å². The second-order valence-electron chi connectivity index (χ2n) is 5.99. The third kappa shape index (κ3) is 2.15. The van der Waals surface area contributed by atoms with Crippen LogP contribution in [-0.2, 0) is 14.1 Å². The summed E-state index contributed by atoms with van der Waals surface area (Å²) in [6.07, 6.45) is 1.59. The van der Waals surface area contributed by atoms with Gasteiger partial charge < -0.3 is 15.0 Å². The number of aliphatic hydroxyl groups is 1. The quantitative estimate of drug-likeness (QED) is 0.725. The van der Waals surface area contributed by atoms with Crippen LogP contribution in [0.3, 0.4) is 0 Å². The average molecular weight is 293 g/mol. The molecule has 8 heteroatoms. The van der Waals surface area contributed by atoms with Gasteiger partial charge in [-0.2, -0.15) is 4.98 Å². The number of β-amino-alcohol motifs (C(OH)–C–C–N with tert-alkyl or cyclic N) is 1. The lowest BCUT2D eigenvalue weighted by atomic mass is 9.95. The second-order valence-corrected chi connectivity index (χ2v) is 5.99. The Kier molecular flexibility index (Phi) is 2.94. The number of anilines is 1. The van der Waals surface area contributed by atoms with Gasteiger partial charge in [0.25, 0.3) is 5.56 Å². The molecule has 114 valence electrons. The van der Waals surface area contributed by atoms with E-state index >= 15 is 0 Å². The van der Waals surface area contributed by atoms with Crippen LogP contribution >= 0.6 is 0 Å². The molecule has 1 aliphatic rings. The van der Waals surface area contributed by atoms with Crippen LogP contribution in [0, 0.1) is 0 Å². The van der Waals surface area contributed by atoms with Crippen molar-refractivity contribution in [3.8, 4) is 0 Å². The molecular formula is C13H19N5O3. The first-order valence-corrected chi connectivity index (χ1v) is 6.93. The molecule has 1 fully saturated rings. The third-order valence-electron chi connectivity index (χ3n) is 4.06. The molecule has 3 rings (SSSR count). The molecule has 8 nitrogen and oxygen atoms in total. The van der Waals surface area contributed by atoms with Gasteiger partial charge in [-0.15, -0.1) is 0 Å². The summed E-state index contributed by atoms with van der Waals surface area (Å²) in [7, 11) is 3.03. The Morgan fingerprint density at radius 2 is 2.00 bits per heavy atom. The minimum atomic E-state index is -0.770. The first-order chi connectivity index (χ1) is 9.80. The summed E-state index contributed by atoms with van der Waals surface area (Å²) in [4.78, 5) is 33.3. The molecule has 0 saturated carbocycles. The molecule has 1 aliphatic heterocycles. The number of hydrogen-bond acceptors (Lipinski definition) is 5. The van der Waals surface area contributed by atoms with Crippen molar-refractivity contribution >= 4 is 17.1 Å². The molecule has 2 N–H and O–H groups in total. The fraction of sp³-hybridized carbons (Fsp3) is 0.615. The number of piperidine rings is 1. The van der Waals surface area contributed by atoms with E-state index in [2.05, 4.69) is 9.97 Å². The minimum absolute atomic E-state index is 0.305. The van der Waals surface area contributed by atoms with Gasteiger partial charge in [-0.05, 0) is 19.8 Å². The molecule has 2 aromatic heterocycles. The highest BCUT2D eigenvalue weighted by atomic mass is 16.3. The van der Waals surface area contributed by atoms with Crippen molar-refractivity contribution in [2.75, 3.05) is 18.0 Å². The highest BCUT2D eigenvalue weighted by Crippen LogP contribution is 2.24. The lowest BCUT2D eigenvalue weighted by molar-refractivity contribution is 0.0445. The van der Waals surface area contributed by atoms with Crippen LogP contribution in [0.1, 0.15) is 19.8 Å². The lowest BCUT2D eigenvalue weighted by Gasteiger charge is -2.36. The normalized spacial score (nSPS) is 23.0. The van der Waals surface area contributed by atoms with Crippen LogP contribution < -0.4 is 16.1 Å². The molecule has 2 aromatic rings. The van der Waals surface area contributed by atoms with Gasteiger partial charge in [-0.1, -0.05) is 0 Å². The fourth-order valence-electron chi connectivity index (χ4n) is 2.86. The predicted octanol–water partition coefficient (Wildman–Crippen LogP) is -0.689. The predicted molar refractivity (Wildman–Crippen MR) is 78.6 cm³/mol. The molecule has 21 heavy (non-hydrogen) atoms. The summed E-state index contributed by atoms with van der Waals surface area (Å²) in [5.74, 6) is 0.517. The van der Waals surface area contributed by atoms with E-state index < -0.39 is 16.9 Å². The second kappa shape index (κ2) is 4.45. The van der Waals surface area contributed by atoms with Crippen molar-refractivity contribution in [2.45, 2.75) is 25.4 Å². The van der Waals surface area contributed by atoms with Gasteiger partial charge in [0.05, 0.1) is 5.60 Å². The van der Waals surface area contributed by atoms with Crippen molar-refractivity contribution in [1.82, 2.24) is 19.1 Å². The number of nitrogens with zero attached hydrogens (tertiary/aromatic N) is 4. The molecule has 1 unspecified atom stereocenters. The SMILES string of the molecule is Cn1c(=O)c2[nH]c(N3CCCC(C)(O)C3)nc2n(C)c1=O. The number of fused-ring (bicyclic) bond motifs is 1. The Morgan fingerprint density at radius 1 is 1.29 bits per heavy atom. The molecule has 3 heterocycles. The number of aryl methyl sites for hydroxylation is 1. The van der Waals surface area contributed by atoms with Crippen molar-refractivity contribution in [3.05, 3.63) is 20.8 Å². The monoisotopic (exact) mass is 293 g/mol. The number of H-pyrrole nitrogens is 1. The standard InChI is InChI=1S/C13H19N5O3/c1-13(21)5-4-6-18(7-13)11-14-8-9(15-11)16(2)12(20)17(3)10(8)19/h21H,4-7H2,1-3H3,(H,14,15). The molecular weight excluding hydrogens is 274 g/mol. The molecule has 1 saturated heterocycles. The van der Waals surface area contributed by atoms with Crippen LogP contribution in [0.15, 0.2) is 9.59 Å². The van der Waals surface area contributed by atoms with Gasteiger partial charge in [-0.25, -0.2) is 4.79 Å². The highest BCUT2D eigenvalue weighted by molar-refractivity contribution is 5.73. The molecule has 0 bridgehead atoms. The maximum Gasteiger partial charge on any atom is 0.332 e. The Labute approximate surface area is 120 Å².